The highest BCUT2D eigenvalue weighted by atomic mass is 14.9. The SMILES string of the molecule is CC(CNC(C)C)CC1CC2CCC1C2. The summed E-state index contributed by atoms with van der Waals surface area (Å²) in [7, 11) is 0. The molecule has 2 aliphatic rings. The van der Waals surface area contributed by atoms with E-state index in [1.165, 1.54) is 13.0 Å². The summed E-state index contributed by atoms with van der Waals surface area (Å²) < 4.78 is 0. The van der Waals surface area contributed by atoms with E-state index in [0.29, 0.717) is 6.04 Å². The first kappa shape index (κ1) is 11.4. The van der Waals surface area contributed by atoms with Crippen LogP contribution in [0.2, 0.25) is 0 Å². The maximum Gasteiger partial charge on any atom is 0.00104 e. The van der Waals surface area contributed by atoms with Crippen LogP contribution in [0.3, 0.4) is 0 Å². The van der Waals surface area contributed by atoms with E-state index in [-0.39, 0.29) is 0 Å². The predicted molar refractivity (Wildman–Crippen MR) is 65.9 cm³/mol. The van der Waals surface area contributed by atoms with Crippen LogP contribution in [0, 0.1) is 23.7 Å². The molecule has 4 atom stereocenters. The third kappa shape index (κ3) is 2.96. The van der Waals surface area contributed by atoms with Crippen molar-refractivity contribution in [2.24, 2.45) is 23.7 Å². The standard InChI is InChI=1S/C14H27N/c1-10(2)15-9-11(3)6-14-8-12-4-5-13(14)7-12/h10-15H,4-9H2,1-3H3. The maximum absolute atomic E-state index is 3.56. The lowest BCUT2D eigenvalue weighted by Crippen LogP contribution is -2.29. The molecule has 2 saturated carbocycles. The second-order valence-corrected chi connectivity index (χ2v) is 6.34. The largest absolute Gasteiger partial charge is 0.314 e. The number of nitrogens with one attached hydrogen (secondary N) is 1. The van der Waals surface area contributed by atoms with Crippen LogP contribution in [-0.4, -0.2) is 12.6 Å². The third-order valence-electron chi connectivity index (χ3n) is 4.46. The van der Waals surface area contributed by atoms with Gasteiger partial charge in [0.05, 0.1) is 0 Å². The van der Waals surface area contributed by atoms with Gasteiger partial charge < -0.3 is 5.32 Å². The lowest BCUT2D eigenvalue weighted by molar-refractivity contribution is 0.269. The molecule has 15 heavy (non-hydrogen) atoms. The molecular weight excluding hydrogens is 182 g/mol. The Morgan fingerprint density at radius 2 is 1.93 bits per heavy atom. The Kier molecular flexibility index (Phi) is 3.71. The second-order valence-electron chi connectivity index (χ2n) is 6.34. The van der Waals surface area contributed by atoms with Crippen LogP contribution in [0.25, 0.3) is 0 Å². The van der Waals surface area contributed by atoms with Crippen LogP contribution < -0.4 is 5.32 Å². The quantitative estimate of drug-likeness (QED) is 0.731. The number of fused-ring (bicyclic) bond motifs is 2. The summed E-state index contributed by atoms with van der Waals surface area (Å²) in [6.07, 6.45) is 7.67. The monoisotopic (exact) mass is 209 g/mol. The molecule has 2 fully saturated rings. The van der Waals surface area contributed by atoms with Crippen LogP contribution >= 0.6 is 0 Å². The zero-order valence-electron chi connectivity index (χ0n) is 10.6. The Labute approximate surface area is 95.0 Å². The van der Waals surface area contributed by atoms with Gasteiger partial charge in [0.1, 0.15) is 0 Å². The second kappa shape index (κ2) is 4.86. The molecule has 0 aliphatic heterocycles. The Morgan fingerprint density at radius 1 is 1.13 bits per heavy atom. The summed E-state index contributed by atoms with van der Waals surface area (Å²) in [5, 5.41) is 3.56. The van der Waals surface area contributed by atoms with E-state index in [2.05, 4.69) is 26.1 Å². The van der Waals surface area contributed by atoms with Gasteiger partial charge in [-0.1, -0.05) is 27.2 Å². The minimum Gasteiger partial charge on any atom is -0.314 e. The van der Waals surface area contributed by atoms with Gasteiger partial charge in [0.15, 0.2) is 0 Å². The van der Waals surface area contributed by atoms with Crippen LogP contribution in [-0.2, 0) is 0 Å². The van der Waals surface area contributed by atoms with E-state index in [1.807, 2.05) is 0 Å². The molecule has 2 aliphatic carbocycles. The Balaban J connectivity index is 1.68. The smallest absolute Gasteiger partial charge is 0.00104 e. The number of hydrogen-bond acceptors (Lipinski definition) is 1. The normalized spacial score (nSPS) is 36.4. The van der Waals surface area contributed by atoms with E-state index < -0.39 is 0 Å². The zero-order valence-corrected chi connectivity index (χ0v) is 10.6. The van der Waals surface area contributed by atoms with E-state index in [0.717, 1.165) is 23.7 Å². The highest BCUT2D eigenvalue weighted by molar-refractivity contribution is 4.90. The van der Waals surface area contributed by atoms with Crippen molar-refractivity contribution in [3.05, 3.63) is 0 Å². The van der Waals surface area contributed by atoms with Gasteiger partial charge in [0.25, 0.3) is 0 Å². The van der Waals surface area contributed by atoms with Crippen molar-refractivity contribution in [1.29, 1.82) is 0 Å². The fraction of sp³-hybridized carbons (Fsp3) is 1.00. The molecule has 2 rings (SSSR count). The fourth-order valence-corrected chi connectivity index (χ4v) is 3.70. The molecule has 1 N–H and O–H groups in total. The lowest BCUT2D eigenvalue weighted by atomic mass is 9.82. The van der Waals surface area contributed by atoms with Crippen LogP contribution in [0.5, 0.6) is 0 Å². The van der Waals surface area contributed by atoms with Crippen LogP contribution in [0.4, 0.5) is 0 Å². The van der Waals surface area contributed by atoms with Crippen LogP contribution in [0.1, 0.15) is 52.9 Å². The zero-order chi connectivity index (χ0) is 10.8. The van der Waals surface area contributed by atoms with E-state index in [4.69, 9.17) is 0 Å². The van der Waals surface area contributed by atoms with Crippen molar-refractivity contribution in [3.8, 4) is 0 Å². The number of hydrogen-bond donors (Lipinski definition) is 1. The summed E-state index contributed by atoms with van der Waals surface area (Å²) in [6, 6.07) is 0.646. The predicted octanol–water partition coefficient (Wildman–Crippen LogP) is 3.45. The van der Waals surface area contributed by atoms with Gasteiger partial charge >= 0.3 is 0 Å². The summed E-state index contributed by atoms with van der Waals surface area (Å²) in [5.74, 6) is 4.17. The molecule has 0 aromatic heterocycles. The molecule has 0 radical (unpaired) electrons. The molecule has 88 valence electrons. The molecule has 0 spiro atoms. The first-order valence-electron chi connectivity index (χ1n) is 6.88. The average Bonchev–Trinajstić information content (AvgIpc) is 2.76. The number of rotatable bonds is 5. The van der Waals surface area contributed by atoms with Crippen molar-refractivity contribution < 1.29 is 0 Å². The van der Waals surface area contributed by atoms with Gasteiger partial charge in [-0.3, -0.25) is 0 Å². The van der Waals surface area contributed by atoms with E-state index in [9.17, 15) is 0 Å². The summed E-state index contributed by atoms with van der Waals surface area (Å²) in [6.45, 7) is 8.11. The molecule has 0 amide bonds. The van der Waals surface area contributed by atoms with Gasteiger partial charge in [-0.25, -0.2) is 0 Å². The topological polar surface area (TPSA) is 12.0 Å². The Hall–Kier alpha value is -0.0400. The Morgan fingerprint density at radius 3 is 2.47 bits per heavy atom. The molecule has 0 heterocycles. The molecule has 0 saturated heterocycles. The van der Waals surface area contributed by atoms with Gasteiger partial charge in [0, 0.05) is 6.04 Å². The van der Waals surface area contributed by atoms with E-state index in [1.54, 1.807) is 25.7 Å². The minimum atomic E-state index is 0.646. The highest BCUT2D eigenvalue weighted by Gasteiger charge is 2.39. The molecule has 1 heteroatoms. The van der Waals surface area contributed by atoms with Gasteiger partial charge in [-0.2, -0.15) is 0 Å². The van der Waals surface area contributed by atoms with Crippen molar-refractivity contribution in [2.75, 3.05) is 6.54 Å². The van der Waals surface area contributed by atoms with Crippen molar-refractivity contribution in [2.45, 2.75) is 58.9 Å². The molecule has 0 aromatic carbocycles. The molecular formula is C14H27N. The van der Waals surface area contributed by atoms with Crippen molar-refractivity contribution in [1.82, 2.24) is 5.32 Å². The summed E-state index contributed by atoms with van der Waals surface area (Å²) >= 11 is 0. The lowest BCUT2D eigenvalue weighted by Gasteiger charge is -2.25. The van der Waals surface area contributed by atoms with Crippen LogP contribution in [0.15, 0.2) is 0 Å². The molecule has 1 nitrogen and oxygen atoms in total. The van der Waals surface area contributed by atoms with Gasteiger partial charge in [-0.05, 0) is 55.9 Å². The Bertz CT molecular complexity index is 200. The highest BCUT2D eigenvalue weighted by Crippen LogP contribution is 2.50. The summed E-state index contributed by atoms with van der Waals surface area (Å²) in [4.78, 5) is 0. The first-order valence-corrected chi connectivity index (χ1v) is 6.88. The molecule has 2 bridgehead atoms. The minimum absolute atomic E-state index is 0.646. The van der Waals surface area contributed by atoms with Crippen molar-refractivity contribution in [3.63, 3.8) is 0 Å². The van der Waals surface area contributed by atoms with Gasteiger partial charge in [-0.15, -0.1) is 0 Å². The molecule has 4 unspecified atom stereocenters. The maximum atomic E-state index is 3.56. The van der Waals surface area contributed by atoms with E-state index >= 15 is 0 Å². The fourth-order valence-electron chi connectivity index (χ4n) is 3.70. The first-order chi connectivity index (χ1) is 7.15. The average molecular weight is 209 g/mol. The summed E-state index contributed by atoms with van der Waals surface area (Å²) in [5.41, 5.74) is 0. The molecule has 0 aromatic rings. The third-order valence-corrected chi connectivity index (χ3v) is 4.46. The van der Waals surface area contributed by atoms with Crippen molar-refractivity contribution >= 4 is 0 Å². The van der Waals surface area contributed by atoms with Gasteiger partial charge in [0.2, 0.25) is 0 Å².